The molecule has 102 valence electrons. The van der Waals surface area contributed by atoms with E-state index in [2.05, 4.69) is 5.32 Å². The van der Waals surface area contributed by atoms with Crippen LogP contribution in [0.15, 0.2) is 12.1 Å². The van der Waals surface area contributed by atoms with Crippen LogP contribution in [0.2, 0.25) is 0 Å². The molecule has 2 nitrogen and oxygen atoms in total. The Hall–Kier alpha value is -1.30. The number of rotatable bonds is 6. The van der Waals surface area contributed by atoms with E-state index in [9.17, 15) is 17.6 Å². The maximum atomic E-state index is 13.7. The molecule has 0 amide bonds. The molecular weight excluding hydrogens is 248 g/mol. The summed E-state index contributed by atoms with van der Waals surface area (Å²) in [6, 6.07) is 2.31. The normalized spacial score (nSPS) is 11.1. The lowest BCUT2D eigenvalue weighted by Crippen LogP contribution is -2.26. The molecule has 0 fully saturated rings. The lowest BCUT2D eigenvalue weighted by Gasteiger charge is -2.20. The number of anilines is 1. The van der Waals surface area contributed by atoms with E-state index < -0.39 is 30.3 Å². The van der Waals surface area contributed by atoms with Gasteiger partial charge in [0.05, 0.1) is 6.54 Å². The Morgan fingerprint density at radius 3 is 2.22 bits per heavy atom. The molecule has 6 heteroatoms. The van der Waals surface area contributed by atoms with Crippen molar-refractivity contribution in [2.24, 2.45) is 0 Å². The van der Waals surface area contributed by atoms with Gasteiger partial charge in [0.1, 0.15) is 17.3 Å². The van der Waals surface area contributed by atoms with Crippen LogP contribution in [0.4, 0.5) is 23.2 Å². The molecule has 0 aliphatic rings. The van der Waals surface area contributed by atoms with Crippen molar-refractivity contribution in [1.29, 1.82) is 0 Å². The minimum Gasteiger partial charge on any atom is -0.364 e. The molecule has 0 heterocycles. The van der Waals surface area contributed by atoms with E-state index in [0.29, 0.717) is 18.7 Å². The fourth-order valence-corrected chi connectivity index (χ4v) is 1.65. The first kappa shape index (κ1) is 14.8. The second-order valence-corrected chi connectivity index (χ2v) is 3.96. The van der Waals surface area contributed by atoms with Gasteiger partial charge in [0.15, 0.2) is 0 Å². The molecular formula is C12H16F4N2. The average Bonchev–Trinajstić information content (AvgIpc) is 2.24. The van der Waals surface area contributed by atoms with Crippen LogP contribution in [0.1, 0.15) is 12.5 Å². The van der Waals surface area contributed by atoms with Crippen molar-refractivity contribution in [3.05, 3.63) is 29.3 Å². The largest absolute Gasteiger partial charge is 0.364 e. The number of alkyl halides is 2. The van der Waals surface area contributed by atoms with Crippen LogP contribution in [0.5, 0.6) is 0 Å². The first-order valence-corrected chi connectivity index (χ1v) is 5.63. The minimum atomic E-state index is -2.64. The van der Waals surface area contributed by atoms with Crippen LogP contribution in [-0.2, 0) is 6.54 Å². The summed E-state index contributed by atoms with van der Waals surface area (Å²) >= 11 is 0. The Morgan fingerprint density at radius 1 is 1.22 bits per heavy atom. The number of hydrogen-bond donors (Lipinski definition) is 1. The minimum absolute atomic E-state index is 0.336. The van der Waals surface area contributed by atoms with E-state index in [1.165, 1.54) is 7.05 Å². The van der Waals surface area contributed by atoms with Gasteiger partial charge < -0.3 is 10.2 Å². The van der Waals surface area contributed by atoms with Crippen molar-refractivity contribution in [3.63, 3.8) is 0 Å². The molecule has 1 rings (SSSR count). The smallest absolute Gasteiger partial charge is 0.255 e. The van der Waals surface area contributed by atoms with E-state index in [1.807, 2.05) is 6.92 Å². The molecule has 0 aliphatic heterocycles. The summed E-state index contributed by atoms with van der Waals surface area (Å²) in [4.78, 5) is 0.881. The maximum Gasteiger partial charge on any atom is 0.255 e. The lowest BCUT2D eigenvalue weighted by molar-refractivity contribution is 0.156. The zero-order valence-corrected chi connectivity index (χ0v) is 10.3. The van der Waals surface area contributed by atoms with Crippen LogP contribution in [0.25, 0.3) is 0 Å². The van der Waals surface area contributed by atoms with Gasteiger partial charge in [0.25, 0.3) is 6.43 Å². The Kier molecular flexibility index (Phi) is 5.40. The molecule has 0 atom stereocenters. The fourth-order valence-electron chi connectivity index (χ4n) is 1.65. The van der Waals surface area contributed by atoms with Crippen molar-refractivity contribution in [3.8, 4) is 0 Å². The first-order chi connectivity index (χ1) is 8.45. The number of nitrogens with one attached hydrogen (secondary N) is 1. The molecule has 0 saturated carbocycles. The predicted molar refractivity (Wildman–Crippen MR) is 63.0 cm³/mol. The molecule has 0 spiro atoms. The van der Waals surface area contributed by atoms with Gasteiger partial charge in [-0.15, -0.1) is 0 Å². The number of nitrogens with zero attached hydrogens (tertiary/aromatic N) is 1. The second-order valence-electron chi connectivity index (χ2n) is 3.96. The van der Waals surface area contributed by atoms with Gasteiger partial charge in [0.2, 0.25) is 0 Å². The Bertz CT molecular complexity index is 373. The third kappa shape index (κ3) is 3.87. The predicted octanol–water partition coefficient (Wildman–Crippen LogP) is 2.78. The first-order valence-electron chi connectivity index (χ1n) is 5.63. The molecule has 18 heavy (non-hydrogen) atoms. The van der Waals surface area contributed by atoms with E-state index in [0.717, 1.165) is 17.0 Å². The summed E-state index contributed by atoms with van der Waals surface area (Å²) in [5.41, 5.74) is 0.0246. The summed E-state index contributed by atoms with van der Waals surface area (Å²) in [6.07, 6.45) is -2.64. The van der Waals surface area contributed by atoms with E-state index in [4.69, 9.17) is 0 Å². The molecule has 1 aromatic carbocycles. The molecule has 0 bridgehead atoms. The topological polar surface area (TPSA) is 15.3 Å². The number of benzene rings is 1. The zero-order chi connectivity index (χ0) is 13.7. The van der Waals surface area contributed by atoms with Crippen LogP contribution < -0.4 is 10.2 Å². The molecule has 0 aromatic heterocycles. The molecule has 0 aliphatic carbocycles. The molecule has 0 radical (unpaired) electrons. The highest BCUT2D eigenvalue weighted by Crippen LogP contribution is 2.24. The second kappa shape index (κ2) is 6.58. The van der Waals surface area contributed by atoms with E-state index >= 15 is 0 Å². The number of hydrogen-bond acceptors (Lipinski definition) is 2. The van der Waals surface area contributed by atoms with Crippen molar-refractivity contribution >= 4 is 5.69 Å². The standard InChI is InChI=1S/C12H16F4N2/c1-3-17-6-8-4-9(13)12(10(14)5-8)18(2)7-11(15)16/h4-5,11,17H,3,6-7H2,1-2H3. The fraction of sp³-hybridized carbons (Fsp3) is 0.500. The quantitative estimate of drug-likeness (QED) is 0.795. The summed E-state index contributed by atoms with van der Waals surface area (Å²) < 4.78 is 51.7. The monoisotopic (exact) mass is 264 g/mol. The zero-order valence-electron chi connectivity index (χ0n) is 10.3. The van der Waals surface area contributed by atoms with Gasteiger partial charge in [-0.25, -0.2) is 17.6 Å². The van der Waals surface area contributed by atoms with Crippen molar-refractivity contribution in [2.45, 2.75) is 19.9 Å². The van der Waals surface area contributed by atoms with Crippen LogP contribution in [-0.4, -0.2) is 26.6 Å². The van der Waals surface area contributed by atoms with E-state index in [-0.39, 0.29) is 0 Å². The van der Waals surface area contributed by atoms with Crippen LogP contribution >= 0.6 is 0 Å². The summed E-state index contributed by atoms with van der Waals surface area (Å²) in [6.45, 7) is 2.18. The Balaban J connectivity index is 2.93. The summed E-state index contributed by atoms with van der Waals surface area (Å²) in [5.74, 6) is -1.66. The third-order valence-corrected chi connectivity index (χ3v) is 2.45. The molecule has 0 saturated heterocycles. The highest BCUT2D eigenvalue weighted by atomic mass is 19.3. The summed E-state index contributed by atoms with van der Waals surface area (Å²) in [5, 5.41) is 2.93. The highest BCUT2D eigenvalue weighted by molar-refractivity contribution is 5.50. The highest BCUT2D eigenvalue weighted by Gasteiger charge is 2.17. The Labute approximate surface area is 104 Å². The van der Waals surface area contributed by atoms with Crippen LogP contribution in [0.3, 0.4) is 0 Å². The molecule has 1 N–H and O–H groups in total. The van der Waals surface area contributed by atoms with Gasteiger partial charge in [0, 0.05) is 13.6 Å². The van der Waals surface area contributed by atoms with Crippen molar-refractivity contribution in [2.75, 3.05) is 25.0 Å². The van der Waals surface area contributed by atoms with Gasteiger partial charge in [-0.05, 0) is 24.2 Å². The summed E-state index contributed by atoms with van der Waals surface area (Å²) in [7, 11) is 1.23. The van der Waals surface area contributed by atoms with Crippen molar-refractivity contribution < 1.29 is 17.6 Å². The average molecular weight is 264 g/mol. The maximum absolute atomic E-state index is 13.7. The molecule has 1 aromatic rings. The van der Waals surface area contributed by atoms with Crippen LogP contribution in [0, 0.1) is 11.6 Å². The number of halogens is 4. The van der Waals surface area contributed by atoms with E-state index in [1.54, 1.807) is 0 Å². The Morgan fingerprint density at radius 2 is 1.78 bits per heavy atom. The van der Waals surface area contributed by atoms with Gasteiger partial charge >= 0.3 is 0 Å². The van der Waals surface area contributed by atoms with Gasteiger partial charge in [-0.3, -0.25) is 0 Å². The van der Waals surface area contributed by atoms with Crippen molar-refractivity contribution in [1.82, 2.24) is 5.32 Å². The SMILES string of the molecule is CCNCc1cc(F)c(N(C)CC(F)F)c(F)c1. The molecule has 0 unspecified atom stereocenters. The van der Waals surface area contributed by atoms with Gasteiger partial charge in [-0.2, -0.15) is 0 Å². The third-order valence-electron chi connectivity index (χ3n) is 2.45. The van der Waals surface area contributed by atoms with Gasteiger partial charge in [-0.1, -0.05) is 6.92 Å². The lowest BCUT2D eigenvalue weighted by atomic mass is 10.1.